The molecule has 3 heterocycles. The van der Waals surface area contributed by atoms with Crippen molar-refractivity contribution in [2.24, 2.45) is 0 Å². The minimum atomic E-state index is -3.44. The van der Waals surface area contributed by atoms with Crippen LogP contribution < -0.4 is 9.62 Å². The number of pyridine rings is 1. The molecule has 0 aliphatic heterocycles. The van der Waals surface area contributed by atoms with Crippen molar-refractivity contribution in [3.8, 4) is 11.6 Å². The molecule has 0 saturated heterocycles. The summed E-state index contributed by atoms with van der Waals surface area (Å²) in [5.74, 6) is 0.399. The van der Waals surface area contributed by atoms with Gasteiger partial charge in [0.05, 0.1) is 29.9 Å². The van der Waals surface area contributed by atoms with E-state index in [9.17, 15) is 12.8 Å². The smallest absolute Gasteiger partial charge is 0.233 e. The lowest BCUT2D eigenvalue weighted by Gasteiger charge is -2.19. The second-order valence-corrected chi connectivity index (χ2v) is 9.18. The first kappa shape index (κ1) is 20.9. The molecule has 0 aliphatic carbocycles. The summed E-state index contributed by atoms with van der Waals surface area (Å²) in [5, 5.41) is 3.40. The molecule has 1 aromatic carbocycles. The van der Waals surface area contributed by atoms with Crippen LogP contribution in [0.5, 0.6) is 0 Å². The Morgan fingerprint density at radius 3 is 2.68 bits per heavy atom. The number of sulfonamides is 1. The van der Waals surface area contributed by atoms with Gasteiger partial charge in [0.25, 0.3) is 0 Å². The first-order chi connectivity index (χ1) is 14.7. The van der Waals surface area contributed by atoms with E-state index in [1.807, 2.05) is 0 Å². The van der Waals surface area contributed by atoms with E-state index < -0.39 is 15.8 Å². The Morgan fingerprint density at radius 1 is 1.23 bits per heavy atom. The molecule has 0 spiro atoms. The second kappa shape index (κ2) is 8.08. The summed E-state index contributed by atoms with van der Waals surface area (Å²) in [4.78, 5) is 19.8. The van der Waals surface area contributed by atoms with Crippen LogP contribution in [0.1, 0.15) is 5.56 Å². The van der Waals surface area contributed by atoms with Crippen molar-refractivity contribution in [1.82, 2.24) is 24.9 Å². The highest BCUT2D eigenvalue weighted by molar-refractivity contribution is 7.92. The Balaban J connectivity index is 1.52. The lowest BCUT2D eigenvalue weighted by atomic mass is 10.2. The molecule has 0 fully saturated rings. The van der Waals surface area contributed by atoms with Gasteiger partial charge in [0.2, 0.25) is 10.0 Å². The molecule has 12 heteroatoms. The molecule has 0 unspecified atom stereocenters. The number of fused-ring (bicyclic) bond motifs is 1. The van der Waals surface area contributed by atoms with Crippen molar-refractivity contribution in [3.05, 3.63) is 59.3 Å². The molecule has 0 saturated carbocycles. The highest BCUT2D eigenvalue weighted by Gasteiger charge is 2.17. The first-order valence-corrected chi connectivity index (χ1v) is 11.2. The van der Waals surface area contributed by atoms with Gasteiger partial charge in [0.15, 0.2) is 17.5 Å². The number of anilines is 2. The van der Waals surface area contributed by atoms with E-state index in [0.717, 1.165) is 10.6 Å². The van der Waals surface area contributed by atoms with Crippen LogP contribution in [0.4, 0.5) is 15.9 Å². The quantitative estimate of drug-likeness (QED) is 0.452. The summed E-state index contributed by atoms with van der Waals surface area (Å²) < 4.78 is 38.8. The van der Waals surface area contributed by atoms with Crippen molar-refractivity contribution in [3.63, 3.8) is 0 Å². The van der Waals surface area contributed by atoms with Gasteiger partial charge in [0.1, 0.15) is 11.3 Å². The molecular weight excluding hydrogens is 445 g/mol. The number of benzene rings is 1. The Kier molecular flexibility index (Phi) is 5.46. The normalized spacial score (nSPS) is 11.6. The third kappa shape index (κ3) is 4.42. The van der Waals surface area contributed by atoms with Gasteiger partial charge in [-0.25, -0.2) is 32.7 Å². The molecule has 0 radical (unpaired) electrons. The van der Waals surface area contributed by atoms with Crippen molar-refractivity contribution in [1.29, 1.82) is 0 Å². The maximum Gasteiger partial charge on any atom is 0.233 e. The van der Waals surface area contributed by atoms with Crippen molar-refractivity contribution < 1.29 is 12.8 Å². The highest BCUT2D eigenvalue weighted by atomic mass is 35.5. The van der Waals surface area contributed by atoms with Crippen molar-refractivity contribution >= 4 is 44.2 Å². The van der Waals surface area contributed by atoms with Gasteiger partial charge in [-0.05, 0) is 18.2 Å². The topological polar surface area (TPSA) is 117 Å². The summed E-state index contributed by atoms with van der Waals surface area (Å²) in [6, 6.07) is 6.27. The van der Waals surface area contributed by atoms with Gasteiger partial charge >= 0.3 is 0 Å². The van der Waals surface area contributed by atoms with E-state index in [2.05, 4.69) is 30.2 Å². The third-order valence-electron chi connectivity index (χ3n) is 4.51. The average Bonchev–Trinajstić information content (AvgIpc) is 3.16. The van der Waals surface area contributed by atoms with Crippen LogP contribution in [0.25, 0.3) is 22.7 Å². The second-order valence-electron chi connectivity index (χ2n) is 6.73. The van der Waals surface area contributed by atoms with E-state index in [1.165, 1.54) is 19.3 Å². The maximum atomic E-state index is 14.0. The standard InChI is InChI=1S/C19H17ClFN7O2S/c1-28(31(2,29)30)19-11(4-3-5-22-19)8-23-13-9-24-17(25-10-13)18-26-15-7-12(20)6-14(21)16(15)27-18/h3-7,9-10,23H,8H2,1-2H3,(H,26,27). The molecule has 160 valence electrons. The largest absolute Gasteiger partial charge is 0.378 e. The fourth-order valence-corrected chi connectivity index (χ4v) is 3.58. The summed E-state index contributed by atoms with van der Waals surface area (Å²) in [6.07, 6.45) is 5.75. The zero-order chi connectivity index (χ0) is 22.2. The zero-order valence-electron chi connectivity index (χ0n) is 16.5. The number of halogens is 2. The Labute approximate surface area is 182 Å². The minimum Gasteiger partial charge on any atom is -0.378 e. The molecule has 0 aliphatic rings. The van der Waals surface area contributed by atoms with Crippen LogP contribution in [-0.2, 0) is 16.6 Å². The average molecular weight is 462 g/mol. The fraction of sp³-hybridized carbons (Fsp3) is 0.158. The number of aromatic amines is 1. The first-order valence-electron chi connectivity index (χ1n) is 9.01. The van der Waals surface area contributed by atoms with Crippen LogP contribution in [0.2, 0.25) is 5.02 Å². The van der Waals surface area contributed by atoms with Crippen LogP contribution in [0.15, 0.2) is 42.9 Å². The molecule has 0 bridgehead atoms. The molecule has 0 atom stereocenters. The van der Waals surface area contributed by atoms with E-state index in [0.29, 0.717) is 35.0 Å². The number of imidazole rings is 1. The van der Waals surface area contributed by atoms with Crippen molar-refractivity contribution in [2.45, 2.75) is 6.54 Å². The van der Waals surface area contributed by atoms with E-state index in [1.54, 1.807) is 30.6 Å². The number of nitrogens with one attached hydrogen (secondary N) is 2. The number of H-pyrrole nitrogens is 1. The predicted molar refractivity (Wildman–Crippen MR) is 117 cm³/mol. The van der Waals surface area contributed by atoms with Crippen LogP contribution in [0, 0.1) is 5.82 Å². The SMILES string of the molecule is CN(c1ncccc1CNc1cnc(-c2nc3c(F)cc(Cl)cc3[nH]2)nc1)S(C)(=O)=O. The summed E-state index contributed by atoms with van der Waals surface area (Å²) in [7, 11) is -1.99. The van der Waals surface area contributed by atoms with E-state index >= 15 is 0 Å². The molecule has 4 aromatic rings. The number of hydrogen-bond acceptors (Lipinski definition) is 7. The molecule has 9 nitrogen and oxygen atoms in total. The van der Waals surface area contributed by atoms with Crippen LogP contribution in [-0.4, -0.2) is 46.6 Å². The fourth-order valence-electron chi connectivity index (χ4n) is 2.90. The number of rotatable bonds is 6. The number of hydrogen-bond donors (Lipinski definition) is 2. The Bertz CT molecular complexity index is 1360. The van der Waals surface area contributed by atoms with Gasteiger partial charge in [-0.3, -0.25) is 4.31 Å². The molecule has 31 heavy (non-hydrogen) atoms. The monoisotopic (exact) mass is 461 g/mol. The lowest BCUT2D eigenvalue weighted by molar-refractivity contribution is 0.599. The molecule has 4 rings (SSSR count). The van der Waals surface area contributed by atoms with Gasteiger partial charge in [-0.15, -0.1) is 0 Å². The Morgan fingerprint density at radius 2 is 1.97 bits per heavy atom. The molecule has 2 N–H and O–H groups in total. The molecule has 0 amide bonds. The summed E-state index contributed by atoms with van der Waals surface area (Å²) in [6.45, 7) is 0.306. The maximum absolute atomic E-state index is 14.0. The van der Waals surface area contributed by atoms with E-state index in [4.69, 9.17) is 11.6 Å². The van der Waals surface area contributed by atoms with Gasteiger partial charge in [-0.1, -0.05) is 17.7 Å². The molecule has 3 aromatic heterocycles. The predicted octanol–water partition coefficient (Wildman–Crippen LogP) is 3.22. The van der Waals surface area contributed by atoms with Crippen LogP contribution in [0.3, 0.4) is 0 Å². The molecular formula is C19H17ClFN7O2S. The van der Waals surface area contributed by atoms with Gasteiger partial charge in [-0.2, -0.15) is 0 Å². The lowest BCUT2D eigenvalue weighted by Crippen LogP contribution is -2.27. The number of nitrogens with zero attached hydrogens (tertiary/aromatic N) is 5. The van der Waals surface area contributed by atoms with Crippen LogP contribution >= 0.6 is 11.6 Å². The minimum absolute atomic E-state index is 0.157. The summed E-state index contributed by atoms with van der Waals surface area (Å²) in [5.41, 5.74) is 1.89. The van der Waals surface area contributed by atoms with Crippen molar-refractivity contribution in [2.75, 3.05) is 22.9 Å². The van der Waals surface area contributed by atoms with Gasteiger partial charge < -0.3 is 10.3 Å². The summed E-state index contributed by atoms with van der Waals surface area (Å²) >= 11 is 5.87. The number of aromatic nitrogens is 5. The highest BCUT2D eigenvalue weighted by Crippen LogP contribution is 2.24. The van der Waals surface area contributed by atoms with Gasteiger partial charge in [0, 0.05) is 30.4 Å². The zero-order valence-corrected chi connectivity index (χ0v) is 18.0. The third-order valence-corrected chi connectivity index (χ3v) is 5.90. The Hall–Kier alpha value is -3.31. The van der Waals surface area contributed by atoms with E-state index in [-0.39, 0.29) is 16.4 Å².